The minimum atomic E-state index is 0.443. The van der Waals surface area contributed by atoms with Crippen LogP contribution < -0.4 is 10.6 Å². The highest BCUT2D eigenvalue weighted by atomic mass is 16.1. The van der Waals surface area contributed by atoms with Gasteiger partial charge in [0, 0.05) is 24.9 Å². The van der Waals surface area contributed by atoms with E-state index in [-0.39, 0.29) is 0 Å². The van der Waals surface area contributed by atoms with E-state index < -0.39 is 0 Å². The van der Waals surface area contributed by atoms with E-state index in [9.17, 15) is 4.79 Å². The number of nitrogens with one attached hydrogen (secondary N) is 2. The van der Waals surface area contributed by atoms with E-state index in [2.05, 4.69) is 10.6 Å². The predicted octanol–water partition coefficient (Wildman–Crippen LogP) is 1.62. The molecule has 0 radical (unpaired) electrons. The third-order valence-corrected chi connectivity index (χ3v) is 3.77. The van der Waals surface area contributed by atoms with Crippen LogP contribution in [0.15, 0.2) is 0 Å². The van der Waals surface area contributed by atoms with Crippen molar-refractivity contribution < 1.29 is 4.79 Å². The molecule has 0 aromatic carbocycles. The normalized spacial score (nSPS) is 31.2. The summed E-state index contributed by atoms with van der Waals surface area (Å²) in [4.78, 5) is 11.9. The Bertz CT molecular complexity index is 196. The van der Waals surface area contributed by atoms with E-state index in [1.165, 1.54) is 38.5 Å². The first-order valence-electron chi connectivity index (χ1n) is 6.83. The maximum atomic E-state index is 11.9. The van der Waals surface area contributed by atoms with Gasteiger partial charge < -0.3 is 10.6 Å². The van der Waals surface area contributed by atoms with Crippen LogP contribution in [0, 0.1) is 0 Å². The third kappa shape index (κ3) is 3.87. The van der Waals surface area contributed by atoms with Crippen molar-refractivity contribution >= 4 is 5.78 Å². The van der Waals surface area contributed by atoms with Crippen molar-refractivity contribution in [2.75, 3.05) is 13.1 Å². The van der Waals surface area contributed by atoms with Gasteiger partial charge in [0.25, 0.3) is 0 Å². The smallest absolute Gasteiger partial charge is 0.136 e. The summed E-state index contributed by atoms with van der Waals surface area (Å²) >= 11 is 0. The highest BCUT2D eigenvalue weighted by Crippen LogP contribution is 2.15. The molecule has 2 rings (SSSR count). The lowest BCUT2D eigenvalue weighted by Crippen LogP contribution is -2.39. The van der Waals surface area contributed by atoms with Crippen molar-refractivity contribution in [1.82, 2.24) is 10.6 Å². The van der Waals surface area contributed by atoms with E-state index in [1.54, 1.807) is 0 Å². The van der Waals surface area contributed by atoms with Crippen molar-refractivity contribution in [2.24, 2.45) is 0 Å². The Hall–Kier alpha value is -0.410. The lowest BCUT2D eigenvalue weighted by molar-refractivity contribution is -0.120. The Morgan fingerprint density at radius 1 is 0.875 bits per heavy atom. The summed E-state index contributed by atoms with van der Waals surface area (Å²) in [6.07, 6.45) is 8.98. The van der Waals surface area contributed by atoms with Crippen LogP contribution in [0.2, 0.25) is 0 Å². The molecule has 2 N–H and O–H groups in total. The summed E-state index contributed by atoms with van der Waals surface area (Å²) in [6.45, 7) is 2.19. The summed E-state index contributed by atoms with van der Waals surface area (Å²) in [5, 5.41) is 6.89. The van der Waals surface area contributed by atoms with Crippen molar-refractivity contribution in [1.29, 1.82) is 0 Å². The second kappa shape index (κ2) is 6.36. The molecule has 3 heteroatoms. The zero-order valence-corrected chi connectivity index (χ0v) is 10.1. The quantitative estimate of drug-likeness (QED) is 0.762. The molecule has 0 aromatic rings. The first-order valence-corrected chi connectivity index (χ1v) is 6.83. The number of hydrogen-bond donors (Lipinski definition) is 2. The fraction of sp³-hybridized carbons (Fsp3) is 0.923. The Balaban J connectivity index is 1.66. The fourth-order valence-corrected chi connectivity index (χ4v) is 2.83. The first kappa shape index (κ1) is 12.1. The summed E-state index contributed by atoms with van der Waals surface area (Å²) in [5.74, 6) is 0.443. The molecule has 0 aliphatic carbocycles. The predicted molar refractivity (Wildman–Crippen MR) is 65.5 cm³/mol. The standard InChI is InChI=1S/C13H24N2O/c16-13(9-11-5-1-3-7-14-11)10-12-6-2-4-8-15-12/h11-12,14-15H,1-10H2. The van der Waals surface area contributed by atoms with Gasteiger partial charge >= 0.3 is 0 Å². The molecule has 2 fully saturated rings. The summed E-state index contributed by atoms with van der Waals surface area (Å²) < 4.78 is 0. The van der Waals surface area contributed by atoms with E-state index in [0.29, 0.717) is 17.9 Å². The highest BCUT2D eigenvalue weighted by Gasteiger charge is 2.20. The van der Waals surface area contributed by atoms with Gasteiger partial charge in [0.1, 0.15) is 5.78 Å². The van der Waals surface area contributed by atoms with E-state index in [0.717, 1.165) is 25.9 Å². The number of ketones is 1. The van der Waals surface area contributed by atoms with Crippen molar-refractivity contribution in [2.45, 2.75) is 63.5 Å². The highest BCUT2D eigenvalue weighted by molar-refractivity contribution is 5.79. The number of Topliss-reactive ketones (excluding diaryl/α,β-unsaturated/α-hetero) is 1. The lowest BCUT2D eigenvalue weighted by Gasteiger charge is -2.25. The van der Waals surface area contributed by atoms with Gasteiger partial charge in [-0.2, -0.15) is 0 Å². The van der Waals surface area contributed by atoms with E-state index in [1.807, 2.05) is 0 Å². The van der Waals surface area contributed by atoms with Crippen LogP contribution in [0.3, 0.4) is 0 Å². The van der Waals surface area contributed by atoms with Crippen LogP contribution >= 0.6 is 0 Å². The minimum Gasteiger partial charge on any atom is -0.314 e. The fourth-order valence-electron chi connectivity index (χ4n) is 2.83. The molecule has 3 nitrogen and oxygen atoms in total. The molecule has 0 amide bonds. The summed E-state index contributed by atoms with van der Waals surface area (Å²) in [6, 6.07) is 0.926. The largest absolute Gasteiger partial charge is 0.314 e. The third-order valence-electron chi connectivity index (χ3n) is 3.77. The van der Waals surface area contributed by atoms with Crippen molar-refractivity contribution in [3.05, 3.63) is 0 Å². The van der Waals surface area contributed by atoms with Crippen LogP contribution in [0.4, 0.5) is 0 Å². The molecular formula is C13H24N2O. The molecule has 2 aliphatic rings. The van der Waals surface area contributed by atoms with E-state index >= 15 is 0 Å². The SMILES string of the molecule is O=C(CC1CCCCN1)CC1CCCCN1. The monoisotopic (exact) mass is 224 g/mol. The van der Waals surface area contributed by atoms with Crippen LogP contribution in [0.1, 0.15) is 51.4 Å². The van der Waals surface area contributed by atoms with Crippen LogP contribution in [0.25, 0.3) is 0 Å². The van der Waals surface area contributed by atoms with Crippen LogP contribution in [-0.2, 0) is 4.79 Å². The summed E-state index contributed by atoms with van der Waals surface area (Å²) in [5.41, 5.74) is 0. The van der Waals surface area contributed by atoms with Gasteiger partial charge in [-0.15, -0.1) is 0 Å². The maximum Gasteiger partial charge on any atom is 0.136 e. The Labute approximate surface area is 98.4 Å². The molecule has 0 aromatic heterocycles. The molecule has 92 valence electrons. The minimum absolute atomic E-state index is 0.443. The van der Waals surface area contributed by atoms with Crippen molar-refractivity contribution in [3.63, 3.8) is 0 Å². The average Bonchev–Trinajstić information content (AvgIpc) is 2.31. The molecule has 0 bridgehead atoms. The second-order valence-electron chi connectivity index (χ2n) is 5.24. The maximum absolute atomic E-state index is 11.9. The topological polar surface area (TPSA) is 41.1 Å². The van der Waals surface area contributed by atoms with Gasteiger partial charge in [-0.1, -0.05) is 12.8 Å². The number of carbonyl (C=O) groups excluding carboxylic acids is 1. The molecule has 2 saturated heterocycles. The molecule has 16 heavy (non-hydrogen) atoms. The second-order valence-corrected chi connectivity index (χ2v) is 5.24. The Morgan fingerprint density at radius 3 is 1.75 bits per heavy atom. The zero-order valence-electron chi connectivity index (χ0n) is 10.1. The molecular weight excluding hydrogens is 200 g/mol. The number of piperidine rings is 2. The van der Waals surface area contributed by atoms with Crippen LogP contribution in [-0.4, -0.2) is 31.0 Å². The van der Waals surface area contributed by atoms with E-state index in [4.69, 9.17) is 0 Å². The summed E-state index contributed by atoms with van der Waals surface area (Å²) in [7, 11) is 0. The Kier molecular flexibility index (Phi) is 4.79. The lowest BCUT2D eigenvalue weighted by atomic mass is 9.94. The Morgan fingerprint density at radius 2 is 1.38 bits per heavy atom. The first-order chi connectivity index (χ1) is 7.84. The average molecular weight is 224 g/mol. The van der Waals surface area contributed by atoms with Gasteiger partial charge in [0.15, 0.2) is 0 Å². The molecule has 2 unspecified atom stereocenters. The van der Waals surface area contributed by atoms with Crippen molar-refractivity contribution in [3.8, 4) is 0 Å². The molecule has 2 atom stereocenters. The number of carbonyl (C=O) groups is 1. The van der Waals surface area contributed by atoms with Gasteiger partial charge in [-0.3, -0.25) is 4.79 Å². The van der Waals surface area contributed by atoms with Gasteiger partial charge in [-0.25, -0.2) is 0 Å². The van der Waals surface area contributed by atoms with Gasteiger partial charge in [-0.05, 0) is 38.8 Å². The molecule has 2 heterocycles. The zero-order chi connectivity index (χ0) is 11.2. The molecule has 0 spiro atoms. The van der Waals surface area contributed by atoms with Gasteiger partial charge in [0.2, 0.25) is 0 Å². The molecule has 0 saturated carbocycles. The van der Waals surface area contributed by atoms with Gasteiger partial charge in [0.05, 0.1) is 0 Å². The molecule has 2 aliphatic heterocycles. The number of hydrogen-bond acceptors (Lipinski definition) is 3. The number of rotatable bonds is 4. The van der Waals surface area contributed by atoms with Crippen LogP contribution in [0.5, 0.6) is 0 Å².